The minimum absolute atomic E-state index is 0.0920. The summed E-state index contributed by atoms with van der Waals surface area (Å²) in [6, 6.07) is 11.9. The summed E-state index contributed by atoms with van der Waals surface area (Å²) in [6.45, 7) is 4.30. The standard InChI is InChI=1S/C21H20N4O2S2/c1-12-8-9-16-15(10-12)11-17(29-16)20-24-25-21(27-20)28-13(2)18-22-23-19(26-18)14-6-4-3-5-7-14/h3-7,11-13H,8-10H2,1-2H3/t12-,13+/m0/s1. The van der Waals surface area contributed by atoms with Crippen LogP contribution < -0.4 is 0 Å². The monoisotopic (exact) mass is 424 g/mol. The van der Waals surface area contributed by atoms with E-state index >= 15 is 0 Å². The Balaban J connectivity index is 1.30. The van der Waals surface area contributed by atoms with E-state index in [-0.39, 0.29) is 5.25 Å². The molecule has 0 radical (unpaired) electrons. The van der Waals surface area contributed by atoms with E-state index in [1.807, 2.05) is 37.3 Å². The maximum Gasteiger partial charge on any atom is 0.277 e. The second-order valence-corrected chi connectivity index (χ2v) is 9.78. The van der Waals surface area contributed by atoms with Crippen molar-refractivity contribution in [3.8, 4) is 22.2 Å². The van der Waals surface area contributed by atoms with Crippen molar-refractivity contribution in [2.24, 2.45) is 5.92 Å². The summed E-state index contributed by atoms with van der Waals surface area (Å²) < 4.78 is 11.7. The molecular formula is C21H20N4O2S2. The SMILES string of the molecule is C[C@H]1CCc2sc(-c3nnc(S[C@H](C)c4nnc(-c5ccccc5)o4)o3)cc2C1. The fourth-order valence-corrected chi connectivity index (χ4v) is 5.31. The highest BCUT2D eigenvalue weighted by Crippen LogP contribution is 2.39. The number of hydrogen-bond acceptors (Lipinski definition) is 8. The zero-order chi connectivity index (χ0) is 19.8. The third-order valence-corrected chi connectivity index (χ3v) is 7.18. The molecule has 0 unspecified atom stereocenters. The number of fused-ring (bicyclic) bond motifs is 1. The van der Waals surface area contributed by atoms with Gasteiger partial charge in [0.05, 0.1) is 10.1 Å². The third kappa shape index (κ3) is 3.86. The lowest BCUT2D eigenvalue weighted by Crippen LogP contribution is -2.07. The first-order valence-corrected chi connectivity index (χ1v) is 11.4. The van der Waals surface area contributed by atoms with Crippen molar-refractivity contribution in [1.29, 1.82) is 0 Å². The highest BCUT2D eigenvalue weighted by Gasteiger charge is 2.23. The lowest BCUT2D eigenvalue weighted by Gasteiger charge is -2.16. The number of nitrogens with zero attached hydrogens (tertiary/aromatic N) is 4. The third-order valence-electron chi connectivity index (χ3n) is 5.03. The summed E-state index contributed by atoms with van der Waals surface area (Å²) in [7, 11) is 0. The summed E-state index contributed by atoms with van der Waals surface area (Å²) in [4.78, 5) is 2.51. The highest BCUT2D eigenvalue weighted by molar-refractivity contribution is 7.99. The molecule has 0 saturated heterocycles. The molecule has 8 heteroatoms. The second-order valence-electron chi connectivity index (χ2n) is 7.35. The summed E-state index contributed by atoms with van der Waals surface area (Å²) in [5.74, 6) is 2.38. The number of thioether (sulfide) groups is 1. The van der Waals surface area contributed by atoms with E-state index in [0.717, 1.165) is 29.2 Å². The number of benzene rings is 1. The van der Waals surface area contributed by atoms with Gasteiger partial charge in [-0.25, -0.2) is 0 Å². The van der Waals surface area contributed by atoms with Crippen molar-refractivity contribution in [3.63, 3.8) is 0 Å². The molecule has 148 valence electrons. The predicted molar refractivity (Wildman–Crippen MR) is 113 cm³/mol. The van der Waals surface area contributed by atoms with Crippen LogP contribution in [0.5, 0.6) is 0 Å². The highest BCUT2D eigenvalue weighted by atomic mass is 32.2. The van der Waals surface area contributed by atoms with Crippen molar-refractivity contribution in [2.45, 2.75) is 43.6 Å². The van der Waals surface area contributed by atoms with Crippen LogP contribution in [0.4, 0.5) is 0 Å². The van der Waals surface area contributed by atoms with Crippen LogP contribution in [0.3, 0.4) is 0 Å². The molecule has 3 heterocycles. The Bertz CT molecular complexity index is 1120. The van der Waals surface area contributed by atoms with Crippen LogP contribution in [0.2, 0.25) is 0 Å². The van der Waals surface area contributed by atoms with E-state index in [4.69, 9.17) is 8.83 Å². The molecule has 29 heavy (non-hydrogen) atoms. The number of thiophene rings is 1. The molecule has 6 nitrogen and oxygen atoms in total. The molecule has 3 aromatic heterocycles. The molecule has 0 fully saturated rings. The Hall–Kier alpha value is -2.45. The maximum atomic E-state index is 5.92. The fraction of sp³-hybridized carbons (Fsp3) is 0.333. The van der Waals surface area contributed by atoms with Crippen LogP contribution in [0.15, 0.2) is 50.5 Å². The number of aryl methyl sites for hydroxylation is 1. The molecule has 1 aliphatic carbocycles. The number of aromatic nitrogens is 4. The largest absolute Gasteiger partial charge is 0.419 e. The van der Waals surface area contributed by atoms with Gasteiger partial charge in [0, 0.05) is 10.4 Å². The van der Waals surface area contributed by atoms with Gasteiger partial charge in [0.1, 0.15) is 0 Å². The van der Waals surface area contributed by atoms with Gasteiger partial charge in [-0.05, 0) is 55.9 Å². The molecule has 0 amide bonds. The van der Waals surface area contributed by atoms with Gasteiger partial charge in [-0.2, -0.15) is 0 Å². The molecule has 0 saturated carbocycles. The molecule has 0 spiro atoms. The molecule has 1 aromatic carbocycles. The van der Waals surface area contributed by atoms with Gasteiger partial charge in [0.15, 0.2) is 0 Å². The van der Waals surface area contributed by atoms with Gasteiger partial charge >= 0.3 is 0 Å². The van der Waals surface area contributed by atoms with Gasteiger partial charge in [-0.3, -0.25) is 0 Å². The average molecular weight is 425 g/mol. The minimum atomic E-state index is -0.0920. The predicted octanol–water partition coefficient (Wildman–Crippen LogP) is 5.83. The van der Waals surface area contributed by atoms with Gasteiger partial charge in [0.25, 0.3) is 11.1 Å². The minimum Gasteiger partial charge on any atom is -0.419 e. The van der Waals surface area contributed by atoms with Crippen LogP contribution in [0.1, 0.15) is 41.8 Å². The first kappa shape index (κ1) is 18.6. The van der Waals surface area contributed by atoms with E-state index in [2.05, 4.69) is 33.4 Å². The van der Waals surface area contributed by atoms with Crippen molar-refractivity contribution in [2.75, 3.05) is 0 Å². The van der Waals surface area contributed by atoms with E-state index in [9.17, 15) is 0 Å². The Labute approximate surface area is 176 Å². The summed E-state index contributed by atoms with van der Waals surface area (Å²) >= 11 is 3.20. The van der Waals surface area contributed by atoms with Gasteiger partial charge in [-0.1, -0.05) is 36.9 Å². The topological polar surface area (TPSA) is 77.8 Å². The normalized spacial score (nSPS) is 17.2. The molecular weight excluding hydrogens is 404 g/mol. The van der Waals surface area contributed by atoms with Gasteiger partial charge in [-0.15, -0.1) is 31.7 Å². The van der Waals surface area contributed by atoms with Crippen molar-refractivity contribution in [3.05, 3.63) is 52.7 Å². The van der Waals surface area contributed by atoms with Crippen LogP contribution in [0.25, 0.3) is 22.2 Å². The van der Waals surface area contributed by atoms with Gasteiger partial charge in [0.2, 0.25) is 11.8 Å². The van der Waals surface area contributed by atoms with Crippen LogP contribution in [0, 0.1) is 5.92 Å². The molecule has 5 rings (SSSR count). The Morgan fingerprint density at radius 2 is 1.90 bits per heavy atom. The van der Waals surface area contributed by atoms with E-state index in [0.29, 0.717) is 22.9 Å². The molecule has 2 atom stereocenters. The molecule has 1 aliphatic rings. The van der Waals surface area contributed by atoms with Crippen molar-refractivity contribution < 1.29 is 8.83 Å². The molecule has 0 aliphatic heterocycles. The van der Waals surface area contributed by atoms with Crippen molar-refractivity contribution >= 4 is 23.1 Å². The quantitative estimate of drug-likeness (QED) is 0.373. The Morgan fingerprint density at radius 3 is 2.76 bits per heavy atom. The number of hydrogen-bond donors (Lipinski definition) is 0. The van der Waals surface area contributed by atoms with Crippen LogP contribution >= 0.6 is 23.1 Å². The van der Waals surface area contributed by atoms with E-state index in [1.165, 1.54) is 28.6 Å². The van der Waals surface area contributed by atoms with E-state index < -0.39 is 0 Å². The Kier molecular flexibility index (Phi) is 4.97. The zero-order valence-electron chi connectivity index (χ0n) is 16.2. The lowest BCUT2D eigenvalue weighted by molar-refractivity contribution is 0.462. The molecule has 0 bridgehead atoms. The van der Waals surface area contributed by atoms with Crippen molar-refractivity contribution in [1.82, 2.24) is 20.4 Å². The Morgan fingerprint density at radius 1 is 1.07 bits per heavy atom. The summed E-state index contributed by atoms with van der Waals surface area (Å²) in [6.07, 6.45) is 3.54. The average Bonchev–Trinajstić information content (AvgIpc) is 3.47. The first-order chi connectivity index (χ1) is 14.2. The number of rotatable bonds is 5. The maximum absolute atomic E-state index is 5.92. The van der Waals surface area contributed by atoms with Gasteiger partial charge < -0.3 is 8.83 Å². The zero-order valence-corrected chi connectivity index (χ0v) is 17.8. The first-order valence-electron chi connectivity index (χ1n) is 9.66. The molecule has 0 N–H and O–H groups in total. The smallest absolute Gasteiger partial charge is 0.277 e. The summed E-state index contributed by atoms with van der Waals surface area (Å²) in [5, 5.41) is 17.2. The fourth-order valence-electron chi connectivity index (χ4n) is 3.47. The van der Waals surface area contributed by atoms with Crippen LogP contribution in [-0.4, -0.2) is 20.4 Å². The molecule has 4 aromatic rings. The second kappa shape index (κ2) is 7.76. The van der Waals surface area contributed by atoms with Crippen LogP contribution in [-0.2, 0) is 12.8 Å². The summed E-state index contributed by atoms with van der Waals surface area (Å²) in [5.41, 5.74) is 2.34. The van der Waals surface area contributed by atoms with E-state index in [1.54, 1.807) is 11.3 Å². The lowest BCUT2D eigenvalue weighted by atomic mass is 9.90.